The van der Waals surface area contributed by atoms with E-state index >= 15 is 0 Å². The minimum Gasteiger partial charge on any atom is -0.398 e. The van der Waals surface area contributed by atoms with E-state index < -0.39 is 0 Å². The number of nitrogens with zero attached hydrogens (tertiary/aromatic N) is 3. The first kappa shape index (κ1) is 10.6. The summed E-state index contributed by atoms with van der Waals surface area (Å²) in [7, 11) is 1.77. The summed E-state index contributed by atoms with van der Waals surface area (Å²) in [5.74, 6) is 0.986. The van der Waals surface area contributed by atoms with Gasteiger partial charge in [0.25, 0.3) is 0 Å². The van der Waals surface area contributed by atoms with E-state index in [2.05, 4.69) is 10.1 Å². The third kappa shape index (κ3) is 1.76. The van der Waals surface area contributed by atoms with Gasteiger partial charge in [0.2, 0.25) is 0 Å². The number of hydrogen-bond acceptors (Lipinski definition) is 3. The fourth-order valence-corrected chi connectivity index (χ4v) is 1.54. The molecular weight excluding hydrogens is 207 g/mol. The van der Waals surface area contributed by atoms with Crippen molar-refractivity contribution in [1.82, 2.24) is 14.8 Å². The monoisotopic (exact) mass is 220 g/mol. The van der Waals surface area contributed by atoms with Crippen molar-refractivity contribution in [2.75, 3.05) is 5.73 Å². The lowest BCUT2D eigenvalue weighted by atomic mass is 10.1. The van der Waals surface area contributed by atoms with Gasteiger partial charge in [0.05, 0.1) is 0 Å². The van der Waals surface area contributed by atoms with Crippen LogP contribution in [0, 0.1) is 5.82 Å². The standard InChI is InChI=1S/C11H13FN4/c1-3-10-14-11(16(2)15-10)8-6-7(12)4-5-9(8)13/h4-6H,3,13H2,1-2H3. The van der Waals surface area contributed by atoms with Crippen molar-refractivity contribution >= 4 is 5.69 Å². The van der Waals surface area contributed by atoms with Crippen LogP contribution in [0.5, 0.6) is 0 Å². The Bertz CT molecular complexity index is 519. The highest BCUT2D eigenvalue weighted by atomic mass is 19.1. The molecule has 0 radical (unpaired) electrons. The van der Waals surface area contributed by atoms with Gasteiger partial charge in [0.15, 0.2) is 11.6 Å². The summed E-state index contributed by atoms with van der Waals surface area (Å²) in [5, 5.41) is 4.20. The van der Waals surface area contributed by atoms with Gasteiger partial charge in [0.1, 0.15) is 5.82 Å². The SMILES string of the molecule is CCc1nc(-c2cc(F)ccc2N)n(C)n1. The second-order valence-electron chi connectivity index (χ2n) is 3.56. The van der Waals surface area contributed by atoms with Gasteiger partial charge >= 0.3 is 0 Å². The maximum atomic E-state index is 13.1. The highest BCUT2D eigenvalue weighted by Crippen LogP contribution is 2.24. The molecule has 0 saturated carbocycles. The summed E-state index contributed by atoms with van der Waals surface area (Å²) in [6.07, 6.45) is 0.739. The summed E-state index contributed by atoms with van der Waals surface area (Å²) in [6.45, 7) is 1.97. The third-order valence-electron chi connectivity index (χ3n) is 2.38. The van der Waals surface area contributed by atoms with Gasteiger partial charge in [-0.05, 0) is 18.2 Å². The Kier molecular flexibility index (Phi) is 2.60. The van der Waals surface area contributed by atoms with Crippen LogP contribution in [0.4, 0.5) is 10.1 Å². The molecule has 0 unspecified atom stereocenters. The van der Waals surface area contributed by atoms with Crippen LogP contribution in [0.1, 0.15) is 12.7 Å². The lowest BCUT2D eigenvalue weighted by Crippen LogP contribution is -1.98. The van der Waals surface area contributed by atoms with Crippen LogP contribution in [0.3, 0.4) is 0 Å². The second-order valence-corrected chi connectivity index (χ2v) is 3.56. The summed E-state index contributed by atoms with van der Waals surface area (Å²) in [6, 6.07) is 4.24. The highest BCUT2D eigenvalue weighted by molar-refractivity contribution is 5.71. The molecule has 5 heteroatoms. The maximum absolute atomic E-state index is 13.1. The Labute approximate surface area is 92.9 Å². The number of aromatic nitrogens is 3. The smallest absolute Gasteiger partial charge is 0.160 e. The topological polar surface area (TPSA) is 56.7 Å². The lowest BCUT2D eigenvalue weighted by molar-refractivity contribution is 0.628. The van der Waals surface area contributed by atoms with Crippen LogP contribution in [-0.4, -0.2) is 14.8 Å². The zero-order valence-corrected chi connectivity index (χ0v) is 9.24. The molecule has 1 aromatic heterocycles. The van der Waals surface area contributed by atoms with Crippen molar-refractivity contribution < 1.29 is 4.39 Å². The largest absolute Gasteiger partial charge is 0.398 e. The highest BCUT2D eigenvalue weighted by Gasteiger charge is 2.11. The number of hydrogen-bond donors (Lipinski definition) is 1. The van der Waals surface area contributed by atoms with E-state index in [1.807, 2.05) is 6.92 Å². The van der Waals surface area contributed by atoms with Crippen LogP contribution in [0.25, 0.3) is 11.4 Å². The Hall–Kier alpha value is -1.91. The van der Waals surface area contributed by atoms with E-state index in [0.717, 1.165) is 12.2 Å². The molecule has 0 fully saturated rings. The van der Waals surface area contributed by atoms with Gasteiger partial charge in [-0.15, -0.1) is 0 Å². The molecule has 0 aliphatic heterocycles. The van der Waals surface area contributed by atoms with E-state index in [1.165, 1.54) is 18.2 Å². The molecule has 16 heavy (non-hydrogen) atoms. The molecule has 1 aromatic carbocycles. The van der Waals surface area contributed by atoms with Crippen molar-refractivity contribution in [2.24, 2.45) is 7.05 Å². The van der Waals surface area contributed by atoms with E-state index in [1.54, 1.807) is 11.7 Å². The first-order chi connectivity index (χ1) is 7.61. The number of rotatable bonds is 2. The lowest BCUT2D eigenvalue weighted by Gasteiger charge is -2.04. The van der Waals surface area contributed by atoms with E-state index in [-0.39, 0.29) is 5.82 Å². The molecule has 0 saturated heterocycles. The molecule has 2 rings (SSSR count). The molecule has 1 heterocycles. The van der Waals surface area contributed by atoms with Crippen LogP contribution < -0.4 is 5.73 Å². The first-order valence-corrected chi connectivity index (χ1v) is 5.07. The number of nitrogen functional groups attached to an aromatic ring is 1. The van der Waals surface area contributed by atoms with Gasteiger partial charge < -0.3 is 5.73 Å². The Morgan fingerprint density at radius 1 is 1.44 bits per heavy atom. The second kappa shape index (κ2) is 3.92. The molecule has 2 N–H and O–H groups in total. The zero-order valence-electron chi connectivity index (χ0n) is 9.24. The fourth-order valence-electron chi connectivity index (χ4n) is 1.54. The van der Waals surface area contributed by atoms with Crippen LogP contribution >= 0.6 is 0 Å². The van der Waals surface area contributed by atoms with Crippen molar-refractivity contribution in [3.8, 4) is 11.4 Å². The predicted octanol–water partition coefficient (Wildman–Crippen LogP) is 1.77. The predicted molar refractivity (Wildman–Crippen MR) is 60.2 cm³/mol. The van der Waals surface area contributed by atoms with Crippen molar-refractivity contribution in [3.05, 3.63) is 29.8 Å². The van der Waals surface area contributed by atoms with Gasteiger partial charge in [-0.25, -0.2) is 14.1 Å². The number of nitrogens with two attached hydrogens (primary N) is 1. The van der Waals surface area contributed by atoms with Crippen molar-refractivity contribution in [2.45, 2.75) is 13.3 Å². The summed E-state index contributed by atoms with van der Waals surface area (Å²) in [4.78, 5) is 4.31. The molecule has 0 aliphatic carbocycles. The molecular formula is C11H13FN4. The number of aryl methyl sites for hydroxylation is 2. The average Bonchev–Trinajstić information content (AvgIpc) is 2.63. The van der Waals surface area contributed by atoms with E-state index in [0.29, 0.717) is 17.1 Å². The van der Waals surface area contributed by atoms with Gasteiger partial charge in [-0.3, -0.25) is 0 Å². The molecule has 4 nitrogen and oxygen atoms in total. The molecule has 0 bridgehead atoms. The van der Waals surface area contributed by atoms with Crippen molar-refractivity contribution in [1.29, 1.82) is 0 Å². The maximum Gasteiger partial charge on any atom is 0.160 e. The fraction of sp³-hybridized carbons (Fsp3) is 0.273. The minimum absolute atomic E-state index is 0.328. The van der Waals surface area contributed by atoms with Crippen LogP contribution in [-0.2, 0) is 13.5 Å². The minimum atomic E-state index is -0.328. The van der Waals surface area contributed by atoms with Crippen molar-refractivity contribution in [3.63, 3.8) is 0 Å². The first-order valence-electron chi connectivity index (χ1n) is 5.07. The van der Waals surface area contributed by atoms with E-state index in [9.17, 15) is 4.39 Å². The quantitative estimate of drug-likeness (QED) is 0.785. The summed E-state index contributed by atoms with van der Waals surface area (Å²) < 4.78 is 14.8. The third-order valence-corrected chi connectivity index (χ3v) is 2.38. The molecule has 0 amide bonds. The normalized spacial score (nSPS) is 10.7. The molecule has 2 aromatic rings. The van der Waals surface area contributed by atoms with E-state index in [4.69, 9.17) is 5.73 Å². The number of anilines is 1. The average molecular weight is 220 g/mol. The molecule has 0 spiro atoms. The molecule has 84 valence electrons. The molecule has 0 aliphatic rings. The molecule has 0 atom stereocenters. The number of halogens is 1. The summed E-state index contributed by atoms with van der Waals surface area (Å²) in [5.41, 5.74) is 6.87. The van der Waals surface area contributed by atoms with Crippen LogP contribution in [0.2, 0.25) is 0 Å². The number of benzene rings is 1. The van der Waals surface area contributed by atoms with Gasteiger partial charge in [0, 0.05) is 24.7 Å². The summed E-state index contributed by atoms with van der Waals surface area (Å²) >= 11 is 0. The zero-order chi connectivity index (χ0) is 11.7. The Morgan fingerprint density at radius 3 is 2.81 bits per heavy atom. The van der Waals surface area contributed by atoms with Gasteiger partial charge in [-0.1, -0.05) is 6.92 Å². The Morgan fingerprint density at radius 2 is 2.19 bits per heavy atom. The Balaban J connectivity index is 2.57. The van der Waals surface area contributed by atoms with Crippen LogP contribution in [0.15, 0.2) is 18.2 Å². The van der Waals surface area contributed by atoms with Gasteiger partial charge in [-0.2, -0.15) is 5.10 Å².